The summed E-state index contributed by atoms with van der Waals surface area (Å²) in [6.45, 7) is 1.14. The van der Waals surface area contributed by atoms with E-state index in [1.807, 2.05) is 24.3 Å². The number of thiazole rings is 1. The molecule has 2 aliphatic rings. The van der Waals surface area contributed by atoms with Gasteiger partial charge in [0.05, 0.1) is 47.0 Å². The zero-order valence-corrected chi connectivity index (χ0v) is 22.0. The monoisotopic (exact) mass is 549 g/mol. The van der Waals surface area contributed by atoms with E-state index >= 15 is 0 Å². The number of rotatable bonds is 5. The first-order valence-electron chi connectivity index (χ1n) is 12.2. The van der Waals surface area contributed by atoms with Gasteiger partial charge in [0, 0.05) is 24.7 Å². The second-order valence-corrected chi connectivity index (χ2v) is 12.9. The summed E-state index contributed by atoms with van der Waals surface area (Å²) in [5, 5.41) is 0.598. The highest BCUT2D eigenvalue weighted by molar-refractivity contribution is 8.24. The first-order chi connectivity index (χ1) is 17.7. The van der Waals surface area contributed by atoms with Gasteiger partial charge in [-0.1, -0.05) is 12.1 Å². The molecule has 3 heterocycles. The minimum Gasteiger partial charge on any atom is -0.469 e. The Hall–Kier alpha value is -2.60. The van der Waals surface area contributed by atoms with Crippen LogP contribution >= 0.6 is 21.9 Å². The summed E-state index contributed by atoms with van der Waals surface area (Å²) in [6, 6.07) is 10.8. The minimum atomic E-state index is -2.48. The largest absolute Gasteiger partial charge is 0.469 e. The van der Waals surface area contributed by atoms with Crippen LogP contribution < -0.4 is 4.90 Å². The number of anilines is 1. The Morgan fingerprint density at radius 3 is 2.51 bits per heavy atom. The molecular weight excluding hydrogens is 520 g/mol. The van der Waals surface area contributed by atoms with Crippen molar-refractivity contribution in [1.82, 2.24) is 9.97 Å². The van der Waals surface area contributed by atoms with Crippen molar-refractivity contribution in [3.05, 3.63) is 54.1 Å². The zero-order valence-electron chi connectivity index (χ0n) is 20.3. The van der Waals surface area contributed by atoms with Crippen molar-refractivity contribution in [3.8, 4) is 21.1 Å². The normalized spacial score (nSPS) is 24.5. The Balaban J connectivity index is 1.51. The van der Waals surface area contributed by atoms with E-state index in [-0.39, 0.29) is 12.3 Å². The van der Waals surface area contributed by atoms with Gasteiger partial charge in [0.25, 0.3) is 0 Å². The molecule has 198 valence electrons. The van der Waals surface area contributed by atoms with E-state index in [0.29, 0.717) is 53.8 Å². The molecule has 0 radical (unpaired) electrons. The Labute approximate surface area is 219 Å². The van der Waals surface area contributed by atoms with Crippen LogP contribution in [0.3, 0.4) is 0 Å². The number of aromatic nitrogens is 2. The quantitative estimate of drug-likeness (QED) is 0.378. The van der Waals surface area contributed by atoms with Gasteiger partial charge in [-0.25, -0.2) is 13.8 Å². The van der Waals surface area contributed by atoms with Crippen LogP contribution in [0.5, 0.6) is 0 Å². The van der Waals surface area contributed by atoms with Crippen molar-refractivity contribution in [2.45, 2.75) is 31.4 Å². The number of methoxy groups -OCH3 is 1. The Morgan fingerprint density at radius 1 is 1.14 bits per heavy atom. The molecule has 3 atom stereocenters. The lowest BCUT2D eigenvalue weighted by Crippen LogP contribution is -2.38. The van der Waals surface area contributed by atoms with E-state index < -0.39 is 34.5 Å². The van der Waals surface area contributed by atoms with E-state index in [0.717, 1.165) is 22.3 Å². The number of benzene rings is 1. The maximum atomic E-state index is 14.3. The van der Waals surface area contributed by atoms with Crippen molar-refractivity contribution < 1.29 is 27.4 Å². The van der Waals surface area contributed by atoms with Crippen LogP contribution in [0.25, 0.3) is 21.1 Å². The zero-order chi connectivity index (χ0) is 26.2. The first kappa shape index (κ1) is 26.0. The fourth-order valence-electron chi connectivity index (χ4n) is 5.07. The second-order valence-electron chi connectivity index (χ2n) is 9.49. The summed E-state index contributed by atoms with van der Waals surface area (Å²) in [5.41, 5.74) is 3.11. The molecule has 3 unspecified atom stereocenters. The standard InChI is InChI=1S/C26H29F2N3O4S2/c1-35-26(32)21-14-17(27)4-8-20(21)23-24(36-25(30-23)22-9-5-18(28)15-29-22)16-2-6-19(7-3-16)31-10-12-37(33,34)13-11-31/h2-3,5-7,9,15,17,20-21,33-34H,4,8,10-14H2,1H3. The predicted octanol–water partition coefficient (Wildman–Crippen LogP) is 5.98. The SMILES string of the molecule is COC(=O)C1CC(F)CCC1c1nc(-c2ccc(F)cn2)sc1-c1ccc(N2CCS(O)(O)CC2)cc1. The molecule has 2 aromatic heterocycles. The predicted molar refractivity (Wildman–Crippen MR) is 143 cm³/mol. The van der Waals surface area contributed by atoms with Crippen LogP contribution in [0, 0.1) is 11.7 Å². The molecule has 0 bridgehead atoms. The van der Waals surface area contributed by atoms with Crippen molar-refractivity contribution in [3.63, 3.8) is 0 Å². The smallest absolute Gasteiger partial charge is 0.309 e. The number of nitrogens with zero attached hydrogens (tertiary/aromatic N) is 3. The Bertz CT molecular complexity index is 1240. The van der Waals surface area contributed by atoms with Gasteiger partial charge in [0.1, 0.15) is 17.0 Å². The Morgan fingerprint density at radius 2 is 1.86 bits per heavy atom. The molecule has 7 nitrogen and oxygen atoms in total. The maximum Gasteiger partial charge on any atom is 0.309 e. The number of alkyl halides is 1. The van der Waals surface area contributed by atoms with E-state index in [9.17, 15) is 22.7 Å². The number of carbonyl (C=O) groups excluding carboxylic acids is 1. The number of carbonyl (C=O) groups is 1. The van der Waals surface area contributed by atoms with Crippen molar-refractivity contribution in [1.29, 1.82) is 0 Å². The molecule has 5 rings (SSSR count). The topological polar surface area (TPSA) is 95.8 Å². The summed E-state index contributed by atoms with van der Waals surface area (Å²) < 4.78 is 52.7. The van der Waals surface area contributed by atoms with Crippen molar-refractivity contribution >= 4 is 33.6 Å². The van der Waals surface area contributed by atoms with Crippen LogP contribution in [-0.4, -0.2) is 62.9 Å². The molecule has 0 amide bonds. The molecule has 1 saturated heterocycles. The van der Waals surface area contributed by atoms with Gasteiger partial charge >= 0.3 is 5.97 Å². The number of ether oxygens (including phenoxy) is 1. The lowest BCUT2D eigenvalue weighted by atomic mass is 9.76. The van der Waals surface area contributed by atoms with E-state index in [1.54, 1.807) is 6.07 Å². The molecule has 3 aromatic rings. The first-order valence-corrected chi connectivity index (χ1v) is 14.9. The van der Waals surface area contributed by atoms with Crippen LogP contribution in [0.1, 0.15) is 30.9 Å². The third kappa shape index (κ3) is 5.64. The molecular formula is C26H29F2N3O4S2. The summed E-state index contributed by atoms with van der Waals surface area (Å²) in [7, 11) is -1.16. The second kappa shape index (κ2) is 10.6. The van der Waals surface area contributed by atoms with Gasteiger partial charge in [-0.05, 0) is 49.1 Å². The maximum absolute atomic E-state index is 14.3. The van der Waals surface area contributed by atoms with Gasteiger partial charge in [-0.2, -0.15) is 10.6 Å². The highest BCUT2D eigenvalue weighted by Crippen LogP contribution is 2.47. The summed E-state index contributed by atoms with van der Waals surface area (Å²) >= 11 is 1.41. The van der Waals surface area contributed by atoms with E-state index in [2.05, 4.69) is 9.88 Å². The van der Waals surface area contributed by atoms with E-state index in [1.165, 1.54) is 24.5 Å². The van der Waals surface area contributed by atoms with Gasteiger partial charge in [-0.15, -0.1) is 11.3 Å². The molecule has 0 spiro atoms. The summed E-state index contributed by atoms with van der Waals surface area (Å²) in [6.07, 6.45) is 0.969. The van der Waals surface area contributed by atoms with Gasteiger partial charge in [-0.3, -0.25) is 18.9 Å². The highest BCUT2D eigenvalue weighted by Gasteiger charge is 2.40. The number of halogens is 2. The number of esters is 1. The molecule has 1 aliphatic carbocycles. The molecule has 2 fully saturated rings. The van der Waals surface area contributed by atoms with Crippen LogP contribution in [0.15, 0.2) is 42.6 Å². The van der Waals surface area contributed by atoms with Gasteiger partial charge < -0.3 is 9.64 Å². The third-order valence-corrected chi connectivity index (χ3v) is 9.93. The number of hydrogen-bond donors (Lipinski definition) is 2. The Kier molecular flexibility index (Phi) is 7.49. The van der Waals surface area contributed by atoms with Crippen LogP contribution in [0.2, 0.25) is 0 Å². The third-order valence-electron chi connectivity index (χ3n) is 7.11. The molecule has 1 aromatic carbocycles. The lowest BCUT2D eigenvalue weighted by molar-refractivity contribution is -0.148. The number of pyridine rings is 1. The molecule has 1 aliphatic heterocycles. The van der Waals surface area contributed by atoms with Crippen LogP contribution in [0.4, 0.5) is 14.5 Å². The summed E-state index contributed by atoms with van der Waals surface area (Å²) in [5.74, 6) is -1.13. The molecule has 37 heavy (non-hydrogen) atoms. The summed E-state index contributed by atoms with van der Waals surface area (Å²) in [4.78, 5) is 24.7. The average molecular weight is 550 g/mol. The van der Waals surface area contributed by atoms with Gasteiger partial charge in [0.2, 0.25) is 0 Å². The number of hydrogen-bond acceptors (Lipinski definition) is 8. The van der Waals surface area contributed by atoms with E-state index in [4.69, 9.17) is 9.72 Å². The highest BCUT2D eigenvalue weighted by atomic mass is 32.3. The molecule has 2 N–H and O–H groups in total. The van der Waals surface area contributed by atoms with Crippen molar-refractivity contribution in [2.75, 3.05) is 36.6 Å². The van der Waals surface area contributed by atoms with Crippen molar-refractivity contribution in [2.24, 2.45) is 5.92 Å². The average Bonchev–Trinajstić information content (AvgIpc) is 3.34. The minimum absolute atomic E-state index is 0.0888. The van der Waals surface area contributed by atoms with Crippen LogP contribution in [-0.2, 0) is 9.53 Å². The molecule has 11 heteroatoms. The molecule has 1 saturated carbocycles. The van der Waals surface area contributed by atoms with Gasteiger partial charge in [0.15, 0.2) is 0 Å². The lowest BCUT2D eigenvalue weighted by Gasteiger charge is -2.41. The fraction of sp³-hybridized carbons (Fsp3) is 0.423. The fourth-order valence-corrected chi connectivity index (χ4v) is 7.42.